The zero-order chi connectivity index (χ0) is 13.7. The maximum atomic E-state index is 11.9. The fraction of sp³-hybridized carbons (Fsp3) is 0.375. The molecule has 1 aromatic carbocycles. The summed E-state index contributed by atoms with van der Waals surface area (Å²) >= 11 is 0. The van der Waals surface area contributed by atoms with E-state index >= 15 is 0 Å². The molecule has 0 spiro atoms. The Hall–Kier alpha value is -1.90. The van der Waals surface area contributed by atoms with Gasteiger partial charge >= 0.3 is 0 Å². The van der Waals surface area contributed by atoms with E-state index in [0.29, 0.717) is 18.6 Å². The Balaban J connectivity index is 1.80. The number of Topliss-reactive ketones (excluding diaryl/α,β-unsaturated/α-hetero) is 1. The number of carbonyl (C=O) groups is 1. The molecule has 0 aliphatic heterocycles. The van der Waals surface area contributed by atoms with E-state index in [2.05, 4.69) is 37.0 Å². The molecule has 2 aromatic rings. The van der Waals surface area contributed by atoms with Crippen LogP contribution in [0, 0.1) is 13.8 Å². The zero-order valence-corrected chi connectivity index (χ0v) is 11.6. The van der Waals surface area contributed by atoms with Crippen molar-refractivity contribution in [2.75, 3.05) is 0 Å². The number of imidazole rings is 1. The minimum Gasteiger partial charge on any atom is -0.337 e. The highest BCUT2D eigenvalue weighted by atomic mass is 16.1. The number of hydrogen-bond acceptors (Lipinski definition) is 2. The molecule has 0 aliphatic carbocycles. The molecule has 0 fully saturated rings. The average molecular weight is 256 g/mol. The highest BCUT2D eigenvalue weighted by molar-refractivity contribution is 5.78. The lowest BCUT2D eigenvalue weighted by atomic mass is 10.00. The molecule has 0 saturated heterocycles. The Bertz CT molecular complexity index is 544. The Morgan fingerprint density at radius 3 is 2.79 bits per heavy atom. The maximum absolute atomic E-state index is 11.9. The number of ketones is 1. The van der Waals surface area contributed by atoms with Crippen LogP contribution >= 0.6 is 0 Å². The highest BCUT2D eigenvalue weighted by Gasteiger charge is 2.05. The van der Waals surface area contributed by atoms with Crippen LogP contribution in [0.5, 0.6) is 0 Å². The summed E-state index contributed by atoms with van der Waals surface area (Å²) in [6.45, 7) is 4.93. The summed E-state index contributed by atoms with van der Waals surface area (Å²) in [6.07, 6.45) is 7.42. The first kappa shape index (κ1) is 13.5. The van der Waals surface area contributed by atoms with Gasteiger partial charge in [0.2, 0.25) is 0 Å². The molecule has 3 heteroatoms. The van der Waals surface area contributed by atoms with Crippen molar-refractivity contribution in [3.05, 3.63) is 53.6 Å². The van der Waals surface area contributed by atoms with Gasteiger partial charge in [-0.3, -0.25) is 4.79 Å². The SMILES string of the molecule is Cc1ccc(CCC(=O)CCn2ccnc2)c(C)c1. The number of carbonyl (C=O) groups excluding carboxylic acids is 1. The second-order valence-electron chi connectivity index (χ2n) is 5.02. The summed E-state index contributed by atoms with van der Waals surface area (Å²) in [7, 11) is 0. The summed E-state index contributed by atoms with van der Waals surface area (Å²) in [6, 6.07) is 6.41. The van der Waals surface area contributed by atoms with Crippen molar-refractivity contribution >= 4 is 5.78 Å². The third kappa shape index (κ3) is 4.05. The standard InChI is InChI=1S/C16H20N2O/c1-13-3-4-15(14(2)11-13)5-6-16(19)7-9-18-10-8-17-12-18/h3-4,8,10-12H,5-7,9H2,1-2H3. The number of hydrogen-bond donors (Lipinski definition) is 0. The van der Waals surface area contributed by atoms with Crippen molar-refractivity contribution in [1.29, 1.82) is 0 Å². The summed E-state index contributed by atoms with van der Waals surface area (Å²) < 4.78 is 1.94. The van der Waals surface area contributed by atoms with Gasteiger partial charge in [0.15, 0.2) is 0 Å². The zero-order valence-electron chi connectivity index (χ0n) is 11.6. The molecule has 19 heavy (non-hydrogen) atoms. The molecule has 0 amide bonds. The van der Waals surface area contributed by atoms with E-state index in [4.69, 9.17) is 0 Å². The smallest absolute Gasteiger partial charge is 0.135 e. The molecule has 0 bridgehead atoms. The molecular formula is C16H20N2O. The first-order chi connectivity index (χ1) is 9.15. The van der Waals surface area contributed by atoms with Gasteiger partial charge in [-0.25, -0.2) is 4.98 Å². The average Bonchev–Trinajstić information content (AvgIpc) is 2.88. The Morgan fingerprint density at radius 2 is 2.11 bits per heavy atom. The van der Waals surface area contributed by atoms with E-state index in [0.717, 1.165) is 13.0 Å². The van der Waals surface area contributed by atoms with Crippen LogP contribution in [0.1, 0.15) is 29.5 Å². The molecule has 0 N–H and O–H groups in total. The number of benzene rings is 1. The molecule has 100 valence electrons. The van der Waals surface area contributed by atoms with E-state index in [1.807, 2.05) is 10.8 Å². The fourth-order valence-corrected chi connectivity index (χ4v) is 2.20. The highest BCUT2D eigenvalue weighted by Crippen LogP contribution is 2.13. The number of aromatic nitrogens is 2. The van der Waals surface area contributed by atoms with Crippen LogP contribution < -0.4 is 0 Å². The molecule has 2 rings (SSSR count). The van der Waals surface area contributed by atoms with Gasteiger partial charge in [-0.15, -0.1) is 0 Å². The van der Waals surface area contributed by atoms with Gasteiger partial charge in [0.1, 0.15) is 5.78 Å². The molecular weight excluding hydrogens is 236 g/mol. The van der Waals surface area contributed by atoms with Crippen molar-refractivity contribution in [1.82, 2.24) is 9.55 Å². The van der Waals surface area contributed by atoms with Gasteiger partial charge < -0.3 is 4.57 Å². The molecule has 1 aromatic heterocycles. The van der Waals surface area contributed by atoms with Gasteiger partial charge in [0.05, 0.1) is 6.33 Å². The molecule has 0 aliphatic rings. The van der Waals surface area contributed by atoms with Crippen molar-refractivity contribution in [3.8, 4) is 0 Å². The lowest BCUT2D eigenvalue weighted by Crippen LogP contribution is -2.06. The topological polar surface area (TPSA) is 34.9 Å². The van der Waals surface area contributed by atoms with Crippen LogP contribution in [0.2, 0.25) is 0 Å². The lowest BCUT2D eigenvalue weighted by molar-refractivity contribution is -0.119. The minimum atomic E-state index is 0.314. The van der Waals surface area contributed by atoms with Crippen LogP contribution in [0.3, 0.4) is 0 Å². The predicted octanol–water partition coefficient (Wildman–Crippen LogP) is 3.09. The van der Waals surface area contributed by atoms with Gasteiger partial charge in [-0.2, -0.15) is 0 Å². The maximum Gasteiger partial charge on any atom is 0.135 e. The summed E-state index contributed by atoms with van der Waals surface area (Å²) in [4.78, 5) is 15.8. The van der Waals surface area contributed by atoms with E-state index in [-0.39, 0.29) is 0 Å². The number of nitrogens with zero attached hydrogens (tertiary/aromatic N) is 2. The molecule has 0 unspecified atom stereocenters. The van der Waals surface area contributed by atoms with Crippen LogP contribution in [0.4, 0.5) is 0 Å². The van der Waals surface area contributed by atoms with Gasteiger partial charge in [-0.05, 0) is 31.4 Å². The number of rotatable bonds is 6. The fourth-order valence-electron chi connectivity index (χ4n) is 2.20. The van der Waals surface area contributed by atoms with Crippen LogP contribution in [-0.2, 0) is 17.8 Å². The van der Waals surface area contributed by atoms with Crippen LogP contribution in [0.25, 0.3) is 0 Å². The molecule has 3 nitrogen and oxygen atoms in total. The first-order valence-corrected chi connectivity index (χ1v) is 6.69. The Labute approximate surface area is 114 Å². The largest absolute Gasteiger partial charge is 0.337 e. The molecule has 0 radical (unpaired) electrons. The molecule has 0 saturated carbocycles. The number of aryl methyl sites for hydroxylation is 4. The first-order valence-electron chi connectivity index (χ1n) is 6.69. The van der Waals surface area contributed by atoms with E-state index < -0.39 is 0 Å². The summed E-state index contributed by atoms with van der Waals surface area (Å²) in [5.41, 5.74) is 3.83. The van der Waals surface area contributed by atoms with E-state index in [1.54, 1.807) is 12.5 Å². The second kappa shape index (κ2) is 6.32. The van der Waals surface area contributed by atoms with Gasteiger partial charge in [0, 0.05) is 31.8 Å². The van der Waals surface area contributed by atoms with Gasteiger partial charge in [-0.1, -0.05) is 23.8 Å². The second-order valence-corrected chi connectivity index (χ2v) is 5.02. The third-order valence-electron chi connectivity index (χ3n) is 3.38. The van der Waals surface area contributed by atoms with Gasteiger partial charge in [0.25, 0.3) is 0 Å². The monoisotopic (exact) mass is 256 g/mol. The Kier molecular flexibility index (Phi) is 4.50. The normalized spacial score (nSPS) is 10.6. The Morgan fingerprint density at radius 1 is 1.26 bits per heavy atom. The summed E-state index contributed by atoms with van der Waals surface area (Å²) in [5.74, 6) is 0.314. The minimum absolute atomic E-state index is 0.314. The lowest BCUT2D eigenvalue weighted by Gasteiger charge is -2.06. The molecule has 0 atom stereocenters. The molecule has 1 heterocycles. The van der Waals surface area contributed by atoms with Crippen molar-refractivity contribution in [3.63, 3.8) is 0 Å². The van der Waals surface area contributed by atoms with Crippen LogP contribution in [0.15, 0.2) is 36.9 Å². The van der Waals surface area contributed by atoms with Crippen molar-refractivity contribution in [2.24, 2.45) is 0 Å². The van der Waals surface area contributed by atoms with E-state index in [9.17, 15) is 4.79 Å². The predicted molar refractivity (Wildman–Crippen MR) is 76.1 cm³/mol. The van der Waals surface area contributed by atoms with Crippen LogP contribution in [-0.4, -0.2) is 15.3 Å². The van der Waals surface area contributed by atoms with E-state index in [1.165, 1.54) is 16.7 Å². The third-order valence-corrected chi connectivity index (χ3v) is 3.38. The summed E-state index contributed by atoms with van der Waals surface area (Å²) in [5, 5.41) is 0. The van der Waals surface area contributed by atoms with Crippen molar-refractivity contribution in [2.45, 2.75) is 39.7 Å². The quantitative estimate of drug-likeness (QED) is 0.796. The van der Waals surface area contributed by atoms with Crippen molar-refractivity contribution < 1.29 is 4.79 Å².